The summed E-state index contributed by atoms with van der Waals surface area (Å²) in [6.45, 7) is 0.705. The summed E-state index contributed by atoms with van der Waals surface area (Å²) in [5.74, 6) is -0.288. The number of anilines is 1. The minimum absolute atomic E-state index is 0.146. The Balaban J connectivity index is 1.87. The molecule has 0 aliphatic rings. The monoisotopic (exact) mass is 462 g/mol. The quantitative estimate of drug-likeness (QED) is 0.421. The van der Waals surface area contributed by atoms with Gasteiger partial charge >= 0.3 is 14.0 Å². The standard InChI is InChI=1S/C19H22F3N2O6P/c1-18(23,12-30-31(26,27)28)17(25)24-15-5-7-16(8-6-15)29-10-9-13-3-2-4-14(11-13)19(20,21)22/h2-8,11H,9-10,12,23H2,1H3,(H,24,25)(H2,26,27,28). The van der Waals surface area contributed by atoms with Gasteiger partial charge in [0.2, 0.25) is 5.91 Å². The van der Waals surface area contributed by atoms with Gasteiger partial charge in [-0.05, 0) is 42.8 Å². The summed E-state index contributed by atoms with van der Waals surface area (Å²) >= 11 is 0. The largest absolute Gasteiger partial charge is 0.493 e. The first-order valence-electron chi connectivity index (χ1n) is 8.96. The summed E-state index contributed by atoms with van der Waals surface area (Å²) in [5.41, 5.74) is 4.15. The zero-order valence-electron chi connectivity index (χ0n) is 16.4. The third-order valence-corrected chi connectivity index (χ3v) is 4.54. The van der Waals surface area contributed by atoms with Gasteiger partial charge in [-0.25, -0.2) is 4.57 Å². The SMILES string of the molecule is CC(N)(COP(=O)(O)O)C(=O)Nc1ccc(OCCc2cccc(C(F)(F)F)c2)cc1. The van der Waals surface area contributed by atoms with Crippen molar-refractivity contribution < 1.29 is 41.6 Å². The Labute approximate surface area is 176 Å². The molecule has 1 amide bonds. The molecule has 170 valence electrons. The van der Waals surface area contributed by atoms with Crippen molar-refractivity contribution in [2.24, 2.45) is 5.73 Å². The Bertz CT molecular complexity index is 944. The van der Waals surface area contributed by atoms with Crippen LogP contribution in [0.25, 0.3) is 0 Å². The first kappa shape index (κ1) is 24.8. The zero-order valence-corrected chi connectivity index (χ0v) is 17.3. The van der Waals surface area contributed by atoms with E-state index in [-0.39, 0.29) is 13.0 Å². The molecule has 2 aromatic carbocycles. The summed E-state index contributed by atoms with van der Waals surface area (Å²) in [6.07, 6.45) is -4.13. The number of carbonyl (C=O) groups is 1. The molecule has 8 nitrogen and oxygen atoms in total. The summed E-state index contributed by atoms with van der Waals surface area (Å²) in [7, 11) is -4.77. The highest BCUT2D eigenvalue weighted by atomic mass is 31.2. The maximum Gasteiger partial charge on any atom is 0.469 e. The molecule has 12 heteroatoms. The van der Waals surface area contributed by atoms with Crippen LogP contribution in [0.3, 0.4) is 0 Å². The Hall–Kier alpha value is -2.43. The second-order valence-electron chi connectivity index (χ2n) is 6.96. The number of phosphoric ester groups is 1. The van der Waals surface area contributed by atoms with Gasteiger partial charge in [0.15, 0.2) is 0 Å². The molecule has 0 radical (unpaired) electrons. The Morgan fingerprint density at radius 2 is 1.81 bits per heavy atom. The normalized spacial score (nSPS) is 14.0. The number of amides is 1. The van der Waals surface area contributed by atoms with Crippen LogP contribution in [0, 0.1) is 0 Å². The van der Waals surface area contributed by atoms with Crippen molar-refractivity contribution in [1.29, 1.82) is 0 Å². The predicted molar refractivity (Wildman–Crippen MR) is 106 cm³/mol. The summed E-state index contributed by atoms with van der Waals surface area (Å²) < 4.78 is 58.8. The minimum Gasteiger partial charge on any atom is -0.493 e. The molecule has 1 unspecified atom stereocenters. The van der Waals surface area contributed by atoms with E-state index in [0.29, 0.717) is 17.0 Å². The smallest absolute Gasteiger partial charge is 0.469 e. The van der Waals surface area contributed by atoms with Gasteiger partial charge in [0.1, 0.15) is 11.3 Å². The average Bonchev–Trinajstić information content (AvgIpc) is 2.67. The van der Waals surface area contributed by atoms with Crippen molar-refractivity contribution >= 4 is 19.4 Å². The van der Waals surface area contributed by atoms with E-state index in [9.17, 15) is 22.5 Å². The summed E-state index contributed by atoms with van der Waals surface area (Å²) in [4.78, 5) is 29.6. The fourth-order valence-corrected chi connectivity index (χ4v) is 2.82. The number of alkyl halides is 3. The molecule has 1 atom stereocenters. The molecule has 0 heterocycles. The minimum atomic E-state index is -4.77. The van der Waals surface area contributed by atoms with Gasteiger partial charge in [0.05, 0.1) is 18.8 Å². The summed E-state index contributed by atoms with van der Waals surface area (Å²) in [6, 6.07) is 11.1. The highest BCUT2D eigenvalue weighted by Gasteiger charge is 2.32. The number of rotatable bonds is 9. The van der Waals surface area contributed by atoms with Crippen LogP contribution in [0.1, 0.15) is 18.1 Å². The topological polar surface area (TPSA) is 131 Å². The second-order valence-corrected chi connectivity index (χ2v) is 8.20. The first-order valence-corrected chi connectivity index (χ1v) is 10.5. The van der Waals surface area contributed by atoms with Crippen LogP contribution in [0.2, 0.25) is 0 Å². The van der Waals surface area contributed by atoms with E-state index in [2.05, 4.69) is 9.84 Å². The maximum atomic E-state index is 12.7. The number of nitrogens with one attached hydrogen (secondary N) is 1. The van der Waals surface area contributed by atoms with Gasteiger partial charge in [0, 0.05) is 12.1 Å². The van der Waals surface area contributed by atoms with Crippen LogP contribution in [-0.4, -0.2) is 34.4 Å². The van der Waals surface area contributed by atoms with E-state index in [1.807, 2.05) is 0 Å². The van der Waals surface area contributed by atoms with Gasteiger partial charge in [-0.15, -0.1) is 0 Å². The third-order valence-electron chi connectivity index (χ3n) is 4.08. The lowest BCUT2D eigenvalue weighted by Gasteiger charge is -2.23. The Morgan fingerprint density at radius 1 is 1.16 bits per heavy atom. The molecule has 2 rings (SSSR count). The van der Waals surface area contributed by atoms with Gasteiger partial charge in [0.25, 0.3) is 0 Å². The fraction of sp³-hybridized carbons (Fsp3) is 0.316. The second kappa shape index (κ2) is 9.80. The number of ether oxygens (including phenoxy) is 1. The van der Waals surface area contributed by atoms with Gasteiger partial charge in [-0.2, -0.15) is 13.2 Å². The Morgan fingerprint density at radius 3 is 2.39 bits per heavy atom. The van der Waals surface area contributed by atoms with E-state index < -0.39 is 37.6 Å². The van der Waals surface area contributed by atoms with Gasteiger partial charge in [-0.1, -0.05) is 18.2 Å². The van der Waals surface area contributed by atoms with Crippen LogP contribution < -0.4 is 15.8 Å². The fourth-order valence-electron chi connectivity index (χ4n) is 2.38. The molecule has 5 N–H and O–H groups in total. The van der Waals surface area contributed by atoms with Crippen molar-refractivity contribution in [2.75, 3.05) is 18.5 Å². The van der Waals surface area contributed by atoms with E-state index in [4.69, 9.17) is 20.3 Å². The van der Waals surface area contributed by atoms with Crippen LogP contribution >= 0.6 is 7.82 Å². The maximum absolute atomic E-state index is 12.7. The van der Waals surface area contributed by atoms with Crippen LogP contribution in [0.5, 0.6) is 5.75 Å². The van der Waals surface area contributed by atoms with Gasteiger partial charge < -0.3 is 25.6 Å². The zero-order chi connectivity index (χ0) is 23.3. The van der Waals surface area contributed by atoms with E-state index in [1.165, 1.54) is 25.1 Å². The molecule has 2 aromatic rings. The lowest BCUT2D eigenvalue weighted by molar-refractivity contribution is -0.137. The summed E-state index contributed by atoms with van der Waals surface area (Å²) in [5, 5.41) is 2.49. The molecule has 0 bridgehead atoms. The highest BCUT2D eigenvalue weighted by Crippen LogP contribution is 2.36. The van der Waals surface area contributed by atoms with E-state index in [0.717, 1.165) is 12.1 Å². The number of benzene rings is 2. The molecule has 0 saturated heterocycles. The average molecular weight is 462 g/mol. The molecule has 0 aromatic heterocycles. The molecular weight excluding hydrogens is 440 g/mol. The first-order chi connectivity index (χ1) is 14.3. The number of hydrogen-bond donors (Lipinski definition) is 4. The Kier molecular flexibility index (Phi) is 7.85. The molecular formula is C19H22F3N2O6P. The third kappa shape index (κ3) is 8.31. The highest BCUT2D eigenvalue weighted by molar-refractivity contribution is 7.46. The molecule has 0 spiro atoms. The lowest BCUT2D eigenvalue weighted by Crippen LogP contribution is -2.52. The number of phosphoric acid groups is 1. The number of hydrogen-bond acceptors (Lipinski definition) is 5. The van der Waals surface area contributed by atoms with Crippen molar-refractivity contribution in [1.82, 2.24) is 0 Å². The predicted octanol–water partition coefficient (Wildman–Crippen LogP) is 3.09. The molecule has 0 aliphatic carbocycles. The van der Waals surface area contributed by atoms with Crippen LogP contribution in [0.4, 0.5) is 18.9 Å². The number of halogens is 3. The lowest BCUT2D eigenvalue weighted by atomic mass is 10.0. The van der Waals surface area contributed by atoms with Crippen LogP contribution in [0.15, 0.2) is 48.5 Å². The molecule has 0 saturated carbocycles. The van der Waals surface area contributed by atoms with Crippen molar-refractivity contribution in [2.45, 2.75) is 25.1 Å². The molecule has 0 aliphatic heterocycles. The van der Waals surface area contributed by atoms with Crippen molar-refractivity contribution in [3.63, 3.8) is 0 Å². The van der Waals surface area contributed by atoms with Crippen LogP contribution in [-0.2, 0) is 26.5 Å². The number of nitrogens with two attached hydrogens (primary N) is 1. The van der Waals surface area contributed by atoms with Crippen molar-refractivity contribution in [3.8, 4) is 5.75 Å². The van der Waals surface area contributed by atoms with Crippen molar-refractivity contribution in [3.05, 3.63) is 59.7 Å². The number of carbonyl (C=O) groups excluding carboxylic acids is 1. The molecule has 31 heavy (non-hydrogen) atoms. The molecule has 0 fully saturated rings. The van der Waals surface area contributed by atoms with Gasteiger partial charge in [-0.3, -0.25) is 9.32 Å². The van der Waals surface area contributed by atoms with E-state index in [1.54, 1.807) is 18.2 Å². The van der Waals surface area contributed by atoms with E-state index >= 15 is 0 Å².